The summed E-state index contributed by atoms with van der Waals surface area (Å²) in [5.41, 5.74) is 8.97. The third-order valence-electron chi connectivity index (χ3n) is 2.28. The SMILES string of the molecule is [N-]=[N+]=NCCC(O)C(O)c1cc(CO)ccn1. The van der Waals surface area contributed by atoms with E-state index < -0.39 is 12.2 Å². The van der Waals surface area contributed by atoms with Crippen molar-refractivity contribution in [2.45, 2.75) is 25.2 Å². The van der Waals surface area contributed by atoms with E-state index in [1.165, 1.54) is 12.3 Å². The van der Waals surface area contributed by atoms with Gasteiger partial charge < -0.3 is 15.3 Å². The lowest BCUT2D eigenvalue weighted by molar-refractivity contribution is 0.0124. The van der Waals surface area contributed by atoms with Crippen molar-refractivity contribution in [2.75, 3.05) is 6.54 Å². The first-order valence-electron chi connectivity index (χ1n) is 5.11. The maximum atomic E-state index is 9.78. The summed E-state index contributed by atoms with van der Waals surface area (Å²) in [5.74, 6) is 0. The summed E-state index contributed by atoms with van der Waals surface area (Å²) in [6.45, 7) is -0.0501. The van der Waals surface area contributed by atoms with Crippen molar-refractivity contribution in [3.8, 4) is 0 Å². The molecule has 0 aliphatic rings. The Hall–Kier alpha value is -1.66. The van der Waals surface area contributed by atoms with Crippen molar-refractivity contribution in [1.82, 2.24) is 4.98 Å². The van der Waals surface area contributed by atoms with Crippen LogP contribution in [0.15, 0.2) is 23.4 Å². The Bertz CT molecular complexity index is 406. The molecular formula is C10H14N4O3. The molecule has 0 bridgehead atoms. The second-order valence-corrected chi connectivity index (χ2v) is 3.50. The smallest absolute Gasteiger partial charge is 0.122 e. The van der Waals surface area contributed by atoms with Crippen LogP contribution in [0.3, 0.4) is 0 Å². The van der Waals surface area contributed by atoms with Crippen LogP contribution in [0.4, 0.5) is 0 Å². The molecule has 0 aliphatic carbocycles. The van der Waals surface area contributed by atoms with E-state index in [0.717, 1.165) is 0 Å². The molecule has 2 atom stereocenters. The second kappa shape index (κ2) is 6.82. The average Bonchev–Trinajstić information content (AvgIpc) is 2.38. The first-order valence-corrected chi connectivity index (χ1v) is 5.11. The molecule has 0 spiro atoms. The van der Waals surface area contributed by atoms with Gasteiger partial charge >= 0.3 is 0 Å². The number of aromatic nitrogens is 1. The van der Waals surface area contributed by atoms with E-state index in [9.17, 15) is 10.2 Å². The number of hydrogen-bond acceptors (Lipinski definition) is 5. The first-order chi connectivity index (χ1) is 8.19. The Morgan fingerprint density at radius 1 is 1.47 bits per heavy atom. The molecule has 1 aromatic rings. The van der Waals surface area contributed by atoms with E-state index in [1.807, 2.05) is 0 Å². The van der Waals surface area contributed by atoms with Crippen LogP contribution in [-0.4, -0.2) is 33.0 Å². The van der Waals surface area contributed by atoms with E-state index in [2.05, 4.69) is 15.0 Å². The molecule has 7 heteroatoms. The zero-order chi connectivity index (χ0) is 12.7. The number of nitrogens with zero attached hydrogens (tertiary/aromatic N) is 4. The van der Waals surface area contributed by atoms with E-state index in [1.54, 1.807) is 6.07 Å². The molecule has 0 saturated heterocycles. The number of aliphatic hydroxyl groups excluding tert-OH is 3. The molecule has 7 nitrogen and oxygen atoms in total. The number of pyridine rings is 1. The van der Waals surface area contributed by atoms with Crippen LogP contribution < -0.4 is 0 Å². The molecular weight excluding hydrogens is 224 g/mol. The molecule has 0 aliphatic heterocycles. The van der Waals surface area contributed by atoms with Crippen LogP contribution >= 0.6 is 0 Å². The van der Waals surface area contributed by atoms with E-state index >= 15 is 0 Å². The van der Waals surface area contributed by atoms with Gasteiger partial charge in [-0.3, -0.25) is 4.98 Å². The van der Waals surface area contributed by atoms with Crippen LogP contribution in [-0.2, 0) is 6.61 Å². The minimum Gasteiger partial charge on any atom is -0.392 e. The highest BCUT2D eigenvalue weighted by atomic mass is 16.3. The minimum atomic E-state index is -1.16. The van der Waals surface area contributed by atoms with Crippen molar-refractivity contribution < 1.29 is 15.3 Å². The summed E-state index contributed by atoms with van der Waals surface area (Å²) in [4.78, 5) is 6.46. The summed E-state index contributed by atoms with van der Waals surface area (Å²) in [6.07, 6.45) is -0.613. The number of aliphatic hydroxyl groups is 3. The fourth-order valence-corrected chi connectivity index (χ4v) is 1.34. The molecule has 1 aromatic heterocycles. The summed E-state index contributed by atoms with van der Waals surface area (Å²) >= 11 is 0. The maximum absolute atomic E-state index is 9.78. The summed E-state index contributed by atoms with van der Waals surface area (Å²) in [7, 11) is 0. The van der Waals surface area contributed by atoms with Gasteiger partial charge in [0.15, 0.2) is 0 Å². The van der Waals surface area contributed by atoms with Gasteiger partial charge in [-0.1, -0.05) is 5.11 Å². The van der Waals surface area contributed by atoms with Crippen LogP contribution in [0, 0.1) is 0 Å². The lowest BCUT2D eigenvalue weighted by Crippen LogP contribution is -2.20. The monoisotopic (exact) mass is 238 g/mol. The summed E-state index contributed by atoms with van der Waals surface area (Å²) in [5, 5.41) is 31.6. The number of rotatable bonds is 6. The Morgan fingerprint density at radius 3 is 2.88 bits per heavy atom. The third kappa shape index (κ3) is 4.01. The first kappa shape index (κ1) is 13.4. The van der Waals surface area contributed by atoms with E-state index in [0.29, 0.717) is 5.56 Å². The highest BCUT2D eigenvalue weighted by Gasteiger charge is 2.19. The summed E-state index contributed by atoms with van der Waals surface area (Å²) < 4.78 is 0. The van der Waals surface area contributed by atoms with Crippen LogP contribution in [0.5, 0.6) is 0 Å². The van der Waals surface area contributed by atoms with Crippen molar-refractivity contribution >= 4 is 0 Å². The minimum absolute atomic E-state index is 0.106. The Kier molecular flexibility index (Phi) is 5.38. The van der Waals surface area contributed by atoms with Gasteiger partial charge in [0.25, 0.3) is 0 Å². The number of azide groups is 1. The zero-order valence-electron chi connectivity index (χ0n) is 9.14. The molecule has 0 radical (unpaired) electrons. The topological polar surface area (TPSA) is 122 Å². The van der Waals surface area contributed by atoms with Gasteiger partial charge in [-0.05, 0) is 29.6 Å². The highest BCUT2D eigenvalue weighted by molar-refractivity contribution is 5.17. The Balaban J connectivity index is 2.66. The van der Waals surface area contributed by atoms with Crippen molar-refractivity contribution in [3.05, 3.63) is 40.0 Å². The predicted molar refractivity (Wildman–Crippen MR) is 59.8 cm³/mol. The molecule has 1 heterocycles. The summed E-state index contributed by atoms with van der Waals surface area (Å²) in [6, 6.07) is 3.13. The fraction of sp³-hybridized carbons (Fsp3) is 0.500. The van der Waals surface area contributed by atoms with E-state index in [-0.39, 0.29) is 25.3 Å². The predicted octanol–water partition coefficient (Wildman–Crippen LogP) is 0.669. The molecule has 0 fully saturated rings. The van der Waals surface area contributed by atoms with Gasteiger partial charge in [0, 0.05) is 17.7 Å². The Morgan fingerprint density at radius 2 is 2.24 bits per heavy atom. The molecule has 3 N–H and O–H groups in total. The van der Waals surface area contributed by atoms with Gasteiger partial charge in [-0.25, -0.2) is 0 Å². The molecule has 92 valence electrons. The molecule has 0 amide bonds. The molecule has 0 saturated carbocycles. The van der Waals surface area contributed by atoms with Crippen molar-refractivity contribution in [3.63, 3.8) is 0 Å². The highest BCUT2D eigenvalue weighted by Crippen LogP contribution is 2.17. The molecule has 0 aromatic carbocycles. The van der Waals surface area contributed by atoms with Crippen molar-refractivity contribution in [2.24, 2.45) is 5.11 Å². The average molecular weight is 238 g/mol. The molecule has 17 heavy (non-hydrogen) atoms. The van der Waals surface area contributed by atoms with Crippen LogP contribution in [0.2, 0.25) is 0 Å². The standard InChI is InChI=1S/C10H14N4O3/c11-14-13-4-2-9(16)10(17)8-5-7(6-15)1-3-12-8/h1,3,5,9-10,15-17H,2,4,6H2. The van der Waals surface area contributed by atoms with Gasteiger partial charge in [0.1, 0.15) is 6.10 Å². The number of hydrogen-bond donors (Lipinski definition) is 3. The quantitative estimate of drug-likeness (QED) is 0.383. The van der Waals surface area contributed by atoms with Crippen LogP contribution in [0.25, 0.3) is 10.4 Å². The van der Waals surface area contributed by atoms with Gasteiger partial charge in [-0.2, -0.15) is 0 Å². The van der Waals surface area contributed by atoms with Crippen LogP contribution in [0.1, 0.15) is 23.8 Å². The third-order valence-corrected chi connectivity index (χ3v) is 2.28. The zero-order valence-corrected chi connectivity index (χ0v) is 9.14. The lowest BCUT2D eigenvalue weighted by Gasteiger charge is -2.16. The van der Waals surface area contributed by atoms with Gasteiger partial charge in [0.2, 0.25) is 0 Å². The van der Waals surface area contributed by atoms with Gasteiger partial charge in [-0.15, -0.1) is 0 Å². The van der Waals surface area contributed by atoms with Gasteiger partial charge in [0.05, 0.1) is 18.4 Å². The normalized spacial score (nSPS) is 13.8. The maximum Gasteiger partial charge on any atom is 0.122 e. The fourth-order valence-electron chi connectivity index (χ4n) is 1.34. The van der Waals surface area contributed by atoms with Crippen molar-refractivity contribution in [1.29, 1.82) is 0 Å². The second-order valence-electron chi connectivity index (χ2n) is 3.50. The van der Waals surface area contributed by atoms with E-state index in [4.69, 9.17) is 10.6 Å². The lowest BCUT2D eigenvalue weighted by atomic mass is 10.1. The Labute approximate surface area is 98.0 Å². The largest absolute Gasteiger partial charge is 0.392 e. The molecule has 2 unspecified atom stereocenters. The molecule has 1 rings (SSSR count).